The minimum atomic E-state index is -0.0652. The van der Waals surface area contributed by atoms with Crippen LogP contribution in [0.4, 0.5) is 5.13 Å². The molecule has 4 aromatic rings. The number of aromatic nitrogens is 1. The van der Waals surface area contributed by atoms with Crippen molar-refractivity contribution in [3.05, 3.63) is 95.1 Å². The van der Waals surface area contributed by atoms with Crippen LogP contribution in [0.5, 0.6) is 0 Å². The zero-order valence-electron chi connectivity index (χ0n) is 17.6. The molecule has 0 spiro atoms. The van der Waals surface area contributed by atoms with Gasteiger partial charge in [-0.3, -0.25) is 0 Å². The van der Waals surface area contributed by atoms with Crippen LogP contribution in [-0.4, -0.2) is 18.3 Å². The standard InChI is InChI=1S/C16H14O.C10H12N2S/c17-12-15-11-16(15,13-7-3-1-4-8-13)14-9-5-2-6-10-14;1-6-4-8-9(5-7(6)2)13-10(11-3)12-8/h1-10,12,15H,11H2;4-5H,1-3H3,(H,11,12). The van der Waals surface area contributed by atoms with Gasteiger partial charge in [0.1, 0.15) is 6.29 Å². The molecule has 1 atom stereocenters. The molecule has 0 bridgehead atoms. The molecule has 30 heavy (non-hydrogen) atoms. The first-order valence-electron chi connectivity index (χ1n) is 10.2. The number of nitrogens with zero attached hydrogens (tertiary/aromatic N) is 1. The number of aryl methyl sites for hydroxylation is 2. The summed E-state index contributed by atoms with van der Waals surface area (Å²) in [4.78, 5) is 15.6. The topological polar surface area (TPSA) is 42.0 Å². The Kier molecular flexibility index (Phi) is 5.69. The normalized spacial score (nSPS) is 16.4. The van der Waals surface area contributed by atoms with Crippen LogP contribution in [0.25, 0.3) is 10.2 Å². The highest BCUT2D eigenvalue weighted by Gasteiger charge is 2.56. The number of carbonyl (C=O) groups is 1. The summed E-state index contributed by atoms with van der Waals surface area (Å²) >= 11 is 1.70. The van der Waals surface area contributed by atoms with Crippen molar-refractivity contribution in [3.8, 4) is 0 Å². The number of nitrogens with one attached hydrogen (secondary N) is 1. The van der Waals surface area contributed by atoms with E-state index < -0.39 is 0 Å². The van der Waals surface area contributed by atoms with Crippen LogP contribution in [0.2, 0.25) is 0 Å². The van der Waals surface area contributed by atoms with Gasteiger partial charge in [-0.05, 0) is 54.7 Å². The van der Waals surface area contributed by atoms with E-state index in [0.29, 0.717) is 0 Å². The number of carbonyl (C=O) groups excluding carboxylic acids is 1. The van der Waals surface area contributed by atoms with Gasteiger partial charge in [-0.15, -0.1) is 0 Å². The second-order valence-electron chi connectivity index (χ2n) is 7.82. The molecule has 0 saturated heterocycles. The van der Waals surface area contributed by atoms with Crippen LogP contribution >= 0.6 is 11.3 Å². The maximum Gasteiger partial charge on any atom is 0.183 e. The molecule has 1 N–H and O–H groups in total. The molecular weight excluding hydrogens is 388 g/mol. The molecule has 4 heteroatoms. The summed E-state index contributed by atoms with van der Waals surface area (Å²) in [7, 11) is 1.90. The minimum Gasteiger partial charge on any atom is -0.365 e. The van der Waals surface area contributed by atoms with Gasteiger partial charge in [0.25, 0.3) is 0 Å². The van der Waals surface area contributed by atoms with Gasteiger partial charge in [-0.2, -0.15) is 0 Å². The SMILES string of the molecule is CNc1nc2cc(C)c(C)cc2s1.O=CC1CC1(c1ccccc1)c1ccccc1. The summed E-state index contributed by atoms with van der Waals surface area (Å²) in [5.41, 5.74) is 6.17. The molecule has 1 aliphatic rings. The largest absolute Gasteiger partial charge is 0.365 e. The highest BCUT2D eigenvalue weighted by Crippen LogP contribution is 2.57. The Hall–Kier alpha value is -2.98. The van der Waals surface area contributed by atoms with Crippen LogP contribution in [0.1, 0.15) is 28.7 Å². The molecule has 3 nitrogen and oxygen atoms in total. The second kappa shape index (κ2) is 8.41. The average Bonchev–Trinajstić information content (AvgIpc) is 3.42. The first-order chi connectivity index (χ1) is 14.6. The average molecular weight is 415 g/mol. The Balaban J connectivity index is 0.000000151. The number of benzene rings is 3. The Bertz CT molecular complexity index is 1070. The van der Waals surface area contributed by atoms with Gasteiger partial charge in [-0.25, -0.2) is 4.98 Å². The van der Waals surface area contributed by atoms with Crippen molar-refractivity contribution in [1.82, 2.24) is 4.98 Å². The van der Waals surface area contributed by atoms with Crippen molar-refractivity contribution in [2.75, 3.05) is 12.4 Å². The molecule has 152 valence electrons. The summed E-state index contributed by atoms with van der Waals surface area (Å²) in [6, 6.07) is 25.0. The van der Waals surface area contributed by atoms with E-state index in [1.807, 2.05) is 43.4 Å². The second-order valence-corrected chi connectivity index (χ2v) is 8.85. The van der Waals surface area contributed by atoms with Crippen molar-refractivity contribution in [2.24, 2.45) is 5.92 Å². The third-order valence-electron chi connectivity index (χ3n) is 5.97. The molecule has 1 fully saturated rings. The molecule has 1 aliphatic carbocycles. The highest BCUT2D eigenvalue weighted by molar-refractivity contribution is 7.22. The van der Waals surface area contributed by atoms with E-state index in [2.05, 4.69) is 60.5 Å². The number of fused-ring (bicyclic) bond motifs is 1. The molecule has 0 radical (unpaired) electrons. The molecule has 1 heterocycles. The highest BCUT2D eigenvalue weighted by atomic mass is 32.1. The third-order valence-corrected chi connectivity index (χ3v) is 7.01. The van der Waals surface area contributed by atoms with Gasteiger partial charge in [0.2, 0.25) is 0 Å². The maximum atomic E-state index is 11.1. The van der Waals surface area contributed by atoms with Crippen LogP contribution in [0.15, 0.2) is 72.8 Å². The summed E-state index contributed by atoms with van der Waals surface area (Å²) in [6.07, 6.45) is 2.03. The molecule has 1 saturated carbocycles. The van der Waals surface area contributed by atoms with Crippen molar-refractivity contribution >= 4 is 33.0 Å². The van der Waals surface area contributed by atoms with Gasteiger partial charge in [0.05, 0.1) is 10.2 Å². The van der Waals surface area contributed by atoms with E-state index in [1.54, 1.807) is 11.3 Å². The Morgan fingerprint density at radius 2 is 1.53 bits per heavy atom. The molecular formula is C26H26N2OS. The smallest absolute Gasteiger partial charge is 0.183 e. The predicted octanol–water partition coefficient (Wildman–Crippen LogP) is 6.15. The number of thiazole rings is 1. The molecule has 0 aliphatic heterocycles. The van der Waals surface area contributed by atoms with E-state index >= 15 is 0 Å². The first kappa shape index (κ1) is 20.3. The Morgan fingerprint density at radius 1 is 0.967 bits per heavy atom. The van der Waals surface area contributed by atoms with Crippen molar-refractivity contribution < 1.29 is 4.79 Å². The predicted molar refractivity (Wildman–Crippen MR) is 126 cm³/mol. The lowest BCUT2D eigenvalue weighted by Crippen LogP contribution is -2.12. The molecule has 3 aromatic carbocycles. The summed E-state index contributed by atoms with van der Waals surface area (Å²) in [5.74, 6) is 0.132. The van der Waals surface area contributed by atoms with Crippen molar-refractivity contribution in [2.45, 2.75) is 25.7 Å². The van der Waals surface area contributed by atoms with E-state index in [9.17, 15) is 4.79 Å². The fourth-order valence-electron chi connectivity index (χ4n) is 4.04. The van der Waals surface area contributed by atoms with Gasteiger partial charge in [-0.1, -0.05) is 72.0 Å². The zero-order valence-corrected chi connectivity index (χ0v) is 18.4. The number of aldehydes is 1. The van der Waals surface area contributed by atoms with Crippen LogP contribution in [0.3, 0.4) is 0 Å². The lowest BCUT2D eigenvalue weighted by atomic mass is 9.86. The van der Waals surface area contributed by atoms with E-state index in [-0.39, 0.29) is 11.3 Å². The molecule has 5 rings (SSSR count). The number of rotatable bonds is 4. The van der Waals surface area contributed by atoms with E-state index in [4.69, 9.17) is 0 Å². The zero-order chi connectivity index (χ0) is 21.1. The maximum absolute atomic E-state index is 11.1. The van der Waals surface area contributed by atoms with Gasteiger partial charge in [0.15, 0.2) is 5.13 Å². The Labute approximate surface area is 181 Å². The quantitative estimate of drug-likeness (QED) is 0.408. The van der Waals surface area contributed by atoms with Gasteiger partial charge in [0, 0.05) is 18.4 Å². The lowest BCUT2D eigenvalue weighted by Gasteiger charge is -2.17. The van der Waals surface area contributed by atoms with Crippen LogP contribution in [0, 0.1) is 19.8 Å². The summed E-state index contributed by atoms with van der Waals surface area (Å²) in [6.45, 7) is 4.25. The number of hydrogen-bond acceptors (Lipinski definition) is 4. The minimum absolute atomic E-state index is 0.0652. The fourth-order valence-corrected chi connectivity index (χ4v) is 4.94. The third kappa shape index (κ3) is 3.75. The summed E-state index contributed by atoms with van der Waals surface area (Å²) in [5, 5.41) is 4.05. The van der Waals surface area contributed by atoms with Crippen LogP contribution < -0.4 is 5.32 Å². The fraction of sp³-hybridized carbons (Fsp3) is 0.231. The number of anilines is 1. The van der Waals surface area contributed by atoms with Crippen molar-refractivity contribution in [3.63, 3.8) is 0 Å². The summed E-state index contributed by atoms with van der Waals surface area (Å²) < 4.78 is 1.26. The van der Waals surface area contributed by atoms with Crippen LogP contribution in [-0.2, 0) is 10.2 Å². The van der Waals surface area contributed by atoms with E-state index in [1.165, 1.54) is 27.0 Å². The number of hydrogen-bond donors (Lipinski definition) is 1. The Morgan fingerprint density at radius 3 is 2.03 bits per heavy atom. The van der Waals surface area contributed by atoms with Gasteiger partial charge >= 0.3 is 0 Å². The molecule has 1 aromatic heterocycles. The van der Waals surface area contributed by atoms with Crippen molar-refractivity contribution in [1.29, 1.82) is 0 Å². The molecule has 1 unspecified atom stereocenters. The molecule has 0 amide bonds. The first-order valence-corrected chi connectivity index (χ1v) is 11.0. The lowest BCUT2D eigenvalue weighted by molar-refractivity contribution is -0.109. The monoisotopic (exact) mass is 414 g/mol. The van der Waals surface area contributed by atoms with Gasteiger partial charge < -0.3 is 10.1 Å². The van der Waals surface area contributed by atoms with E-state index in [0.717, 1.165) is 23.4 Å².